The molecular formula is C16H24N2O2. The molecule has 4 heteroatoms. The highest BCUT2D eigenvalue weighted by Crippen LogP contribution is 2.23. The van der Waals surface area contributed by atoms with Crippen LogP contribution in [0, 0.1) is 5.92 Å². The summed E-state index contributed by atoms with van der Waals surface area (Å²) in [6, 6.07) is 5.71. The third-order valence-electron chi connectivity index (χ3n) is 3.68. The molecule has 0 saturated heterocycles. The predicted octanol–water partition coefficient (Wildman–Crippen LogP) is 3.53. The molecule has 0 bridgehead atoms. The Labute approximate surface area is 120 Å². The highest BCUT2D eigenvalue weighted by molar-refractivity contribution is 5.74. The molecule has 0 fully saturated rings. The van der Waals surface area contributed by atoms with Gasteiger partial charge in [-0.15, -0.1) is 0 Å². The molecule has 1 heterocycles. The summed E-state index contributed by atoms with van der Waals surface area (Å²) in [7, 11) is 1.66. The summed E-state index contributed by atoms with van der Waals surface area (Å²) in [5.74, 6) is 2.30. The third-order valence-corrected chi connectivity index (χ3v) is 3.68. The van der Waals surface area contributed by atoms with Crippen LogP contribution < -0.4 is 10.5 Å². The minimum absolute atomic E-state index is 0.676. The van der Waals surface area contributed by atoms with Crippen molar-refractivity contribution >= 4 is 11.1 Å². The molecule has 0 aliphatic carbocycles. The number of nitrogens with two attached hydrogens (primary N) is 1. The largest absolute Gasteiger partial charge is 0.497 e. The zero-order valence-corrected chi connectivity index (χ0v) is 12.4. The van der Waals surface area contributed by atoms with Gasteiger partial charge in [0.2, 0.25) is 0 Å². The molecule has 2 aromatic rings. The van der Waals surface area contributed by atoms with E-state index in [9.17, 15) is 0 Å². The van der Waals surface area contributed by atoms with E-state index in [-0.39, 0.29) is 0 Å². The average Bonchev–Trinajstić information content (AvgIpc) is 2.87. The highest BCUT2D eigenvalue weighted by Gasteiger charge is 2.11. The fourth-order valence-electron chi connectivity index (χ4n) is 2.59. The Hall–Kier alpha value is -1.55. The van der Waals surface area contributed by atoms with Gasteiger partial charge in [-0.1, -0.05) is 19.8 Å². The van der Waals surface area contributed by atoms with Gasteiger partial charge in [-0.25, -0.2) is 4.98 Å². The number of hydrogen-bond acceptors (Lipinski definition) is 4. The predicted molar refractivity (Wildman–Crippen MR) is 81.0 cm³/mol. The number of aromatic nitrogens is 1. The van der Waals surface area contributed by atoms with Gasteiger partial charge in [0.05, 0.1) is 7.11 Å². The first-order valence-electron chi connectivity index (χ1n) is 7.40. The second kappa shape index (κ2) is 7.29. The first kappa shape index (κ1) is 14.9. The lowest BCUT2D eigenvalue weighted by Crippen LogP contribution is -2.09. The van der Waals surface area contributed by atoms with Crippen LogP contribution in [0.15, 0.2) is 22.6 Å². The number of ether oxygens (including phenoxy) is 1. The average molecular weight is 276 g/mol. The van der Waals surface area contributed by atoms with Gasteiger partial charge in [-0.3, -0.25) is 0 Å². The van der Waals surface area contributed by atoms with Gasteiger partial charge in [0.25, 0.3) is 0 Å². The molecule has 0 aliphatic heterocycles. The van der Waals surface area contributed by atoms with E-state index in [1.54, 1.807) is 7.11 Å². The van der Waals surface area contributed by atoms with E-state index in [1.165, 1.54) is 12.8 Å². The number of aryl methyl sites for hydroxylation is 1. The maximum atomic E-state index is 5.78. The van der Waals surface area contributed by atoms with E-state index in [0.29, 0.717) is 5.92 Å². The number of methoxy groups -OCH3 is 1. The molecular weight excluding hydrogens is 252 g/mol. The van der Waals surface area contributed by atoms with Crippen molar-refractivity contribution in [3.63, 3.8) is 0 Å². The van der Waals surface area contributed by atoms with Crippen LogP contribution in [0.3, 0.4) is 0 Å². The zero-order chi connectivity index (χ0) is 14.4. The maximum absolute atomic E-state index is 5.78. The quantitative estimate of drug-likeness (QED) is 0.801. The fraction of sp³-hybridized carbons (Fsp3) is 0.562. The number of fused-ring (bicyclic) bond motifs is 1. The van der Waals surface area contributed by atoms with Crippen molar-refractivity contribution in [3.05, 3.63) is 24.1 Å². The van der Waals surface area contributed by atoms with Gasteiger partial charge < -0.3 is 14.9 Å². The molecule has 1 unspecified atom stereocenters. The summed E-state index contributed by atoms with van der Waals surface area (Å²) < 4.78 is 11.0. The number of nitrogens with zero attached hydrogens (tertiary/aromatic N) is 1. The van der Waals surface area contributed by atoms with Crippen LogP contribution in [0.5, 0.6) is 5.75 Å². The number of hydrogen-bond donors (Lipinski definition) is 1. The molecule has 2 N–H and O–H groups in total. The molecule has 0 saturated carbocycles. The van der Waals surface area contributed by atoms with Crippen molar-refractivity contribution in [2.75, 3.05) is 13.7 Å². The Balaban J connectivity index is 2.02. The molecule has 1 aromatic carbocycles. The van der Waals surface area contributed by atoms with Crippen molar-refractivity contribution in [1.29, 1.82) is 0 Å². The van der Waals surface area contributed by atoms with Gasteiger partial charge in [-0.2, -0.15) is 0 Å². The monoisotopic (exact) mass is 276 g/mol. The Morgan fingerprint density at radius 1 is 1.30 bits per heavy atom. The van der Waals surface area contributed by atoms with E-state index >= 15 is 0 Å². The minimum atomic E-state index is 0.676. The molecule has 1 aromatic heterocycles. The summed E-state index contributed by atoms with van der Waals surface area (Å²) in [4.78, 5) is 4.54. The number of rotatable bonds is 8. The van der Waals surface area contributed by atoms with E-state index in [1.807, 2.05) is 18.2 Å². The van der Waals surface area contributed by atoms with Gasteiger partial charge in [0, 0.05) is 12.5 Å². The van der Waals surface area contributed by atoms with Crippen LogP contribution in [0.4, 0.5) is 0 Å². The third kappa shape index (κ3) is 3.73. The SMILES string of the molecule is CCCC(CCN)CCc1nc2cc(OC)ccc2o1. The van der Waals surface area contributed by atoms with Crippen LogP contribution in [-0.2, 0) is 6.42 Å². The van der Waals surface area contributed by atoms with Gasteiger partial charge in [-0.05, 0) is 37.4 Å². The second-order valence-electron chi connectivity index (χ2n) is 5.21. The minimum Gasteiger partial charge on any atom is -0.497 e. The summed E-state index contributed by atoms with van der Waals surface area (Å²) in [5.41, 5.74) is 7.36. The van der Waals surface area contributed by atoms with Crippen molar-refractivity contribution in [2.24, 2.45) is 11.7 Å². The van der Waals surface area contributed by atoms with E-state index in [4.69, 9.17) is 14.9 Å². The highest BCUT2D eigenvalue weighted by atomic mass is 16.5. The zero-order valence-electron chi connectivity index (χ0n) is 12.4. The lowest BCUT2D eigenvalue weighted by Gasteiger charge is -2.13. The van der Waals surface area contributed by atoms with Crippen molar-refractivity contribution in [3.8, 4) is 5.75 Å². The lowest BCUT2D eigenvalue weighted by molar-refractivity contribution is 0.398. The first-order valence-corrected chi connectivity index (χ1v) is 7.40. The van der Waals surface area contributed by atoms with E-state index in [2.05, 4.69) is 11.9 Å². The molecule has 110 valence electrons. The smallest absolute Gasteiger partial charge is 0.195 e. The molecule has 1 atom stereocenters. The lowest BCUT2D eigenvalue weighted by atomic mass is 9.94. The van der Waals surface area contributed by atoms with Crippen molar-refractivity contribution in [1.82, 2.24) is 4.98 Å². The summed E-state index contributed by atoms with van der Waals surface area (Å²) in [6.45, 7) is 2.98. The van der Waals surface area contributed by atoms with Gasteiger partial charge in [0.15, 0.2) is 11.5 Å². The molecule has 0 radical (unpaired) electrons. The van der Waals surface area contributed by atoms with Crippen LogP contribution in [0.25, 0.3) is 11.1 Å². The second-order valence-corrected chi connectivity index (χ2v) is 5.21. The summed E-state index contributed by atoms with van der Waals surface area (Å²) in [6.07, 6.45) is 5.49. The molecule has 0 amide bonds. The molecule has 2 rings (SSSR count). The van der Waals surface area contributed by atoms with Gasteiger partial charge in [0.1, 0.15) is 11.3 Å². The van der Waals surface area contributed by atoms with Crippen LogP contribution >= 0.6 is 0 Å². The van der Waals surface area contributed by atoms with Crippen molar-refractivity contribution < 1.29 is 9.15 Å². The first-order chi connectivity index (χ1) is 9.76. The summed E-state index contributed by atoms with van der Waals surface area (Å²) in [5, 5.41) is 0. The molecule has 0 spiro atoms. The Bertz CT molecular complexity index is 530. The van der Waals surface area contributed by atoms with Crippen LogP contribution in [0.1, 0.15) is 38.5 Å². The number of oxazole rings is 1. The van der Waals surface area contributed by atoms with E-state index in [0.717, 1.165) is 48.5 Å². The molecule has 4 nitrogen and oxygen atoms in total. The van der Waals surface area contributed by atoms with E-state index < -0.39 is 0 Å². The Morgan fingerprint density at radius 2 is 2.15 bits per heavy atom. The van der Waals surface area contributed by atoms with Crippen LogP contribution in [0.2, 0.25) is 0 Å². The Morgan fingerprint density at radius 3 is 2.85 bits per heavy atom. The normalized spacial score (nSPS) is 12.8. The maximum Gasteiger partial charge on any atom is 0.195 e. The molecule has 20 heavy (non-hydrogen) atoms. The molecule has 0 aliphatic rings. The van der Waals surface area contributed by atoms with Crippen LogP contribution in [-0.4, -0.2) is 18.6 Å². The Kier molecular flexibility index (Phi) is 5.41. The summed E-state index contributed by atoms with van der Waals surface area (Å²) >= 11 is 0. The fourth-order valence-corrected chi connectivity index (χ4v) is 2.59. The van der Waals surface area contributed by atoms with Gasteiger partial charge >= 0.3 is 0 Å². The standard InChI is InChI=1S/C16H24N2O2/c1-3-4-12(9-10-17)5-8-16-18-14-11-13(19-2)6-7-15(14)20-16/h6-7,11-12H,3-5,8-10,17H2,1-2H3. The van der Waals surface area contributed by atoms with Crippen molar-refractivity contribution in [2.45, 2.75) is 39.0 Å². The number of benzene rings is 1. The topological polar surface area (TPSA) is 61.3 Å².